The Hall–Kier alpha value is -0.590. The van der Waals surface area contributed by atoms with Crippen LogP contribution in [0, 0.1) is 0 Å². The Morgan fingerprint density at radius 2 is 2.11 bits per heavy atom. The molecule has 6 heteroatoms. The fourth-order valence-corrected chi connectivity index (χ4v) is 2.81. The molecule has 1 rings (SSSR count). The summed E-state index contributed by atoms with van der Waals surface area (Å²) in [6.45, 7) is 3.62. The molecule has 19 heavy (non-hydrogen) atoms. The van der Waals surface area contributed by atoms with Gasteiger partial charge >= 0.3 is 0 Å². The molecule has 1 N–H and O–H groups in total. The minimum Gasteiger partial charge on any atom is -0.493 e. The number of halogens is 1. The lowest BCUT2D eigenvalue weighted by Gasteiger charge is -2.13. The number of hydrogen-bond acceptors (Lipinski definition) is 4. The van der Waals surface area contributed by atoms with Crippen LogP contribution in [0.15, 0.2) is 22.7 Å². The van der Waals surface area contributed by atoms with Crippen molar-refractivity contribution in [3.8, 4) is 5.75 Å². The average Bonchev–Trinajstić information content (AvgIpc) is 2.36. The van der Waals surface area contributed by atoms with Crippen LogP contribution in [-0.2, 0) is 9.84 Å². The average molecular weight is 351 g/mol. The third-order valence-electron chi connectivity index (χ3n) is 2.72. The molecule has 0 unspecified atom stereocenters. The van der Waals surface area contributed by atoms with Crippen LogP contribution in [0.3, 0.4) is 0 Å². The van der Waals surface area contributed by atoms with E-state index in [-0.39, 0.29) is 11.5 Å². The van der Waals surface area contributed by atoms with Gasteiger partial charge in [0.2, 0.25) is 0 Å². The molecule has 4 nitrogen and oxygen atoms in total. The number of benzene rings is 1. The number of sulfone groups is 1. The Bertz CT molecular complexity index is 511. The molecule has 0 aliphatic heterocycles. The van der Waals surface area contributed by atoms with Crippen molar-refractivity contribution in [3.05, 3.63) is 28.2 Å². The van der Waals surface area contributed by atoms with Crippen LogP contribution in [0.5, 0.6) is 5.75 Å². The molecule has 0 aliphatic rings. The molecule has 0 bridgehead atoms. The summed E-state index contributed by atoms with van der Waals surface area (Å²) in [5.41, 5.74) is 0.688. The van der Waals surface area contributed by atoms with Crippen molar-refractivity contribution in [1.82, 2.24) is 0 Å². The van der Waals surface area contributed by atoms with Gasteiger partial charge in [-0.2, -0.15) is 0 Å². The van der Waals surface area contributed by atoms with Crippen LogP contribution in [0.2, 0.25) is 0 Å². The predicted octanol–water partition coefficient (Wildman–Crippen LogP) is 2.71. The van der Waals surface area contributed by atoms with E-state index in [1.54, 1.807) is 26.0 Å². The lowest BCUT2D eigenvalue weighted by molar-refractivity contribution is 0.191. The minimum atomic E-state index is -2.94. The maximum Gasteiger partial charge on any atom is 0.150 e. The van der Waals surface area contributed by atoms with Gasteiger partial charge in [0.05, 0.1) is 18.5 Å². The van der Waals surface area contributed by atoms with Crippen molar-refractivity contribution in [2.75, 3.05) is 18.1 Å². The smallest absolute Gasteiger partial charge is 0.150 e. The van der Waals surface area contributed by atoms with Gasteiger partial charge in [0.25, 0.3) is 0 Å². The molecule has 1 atom stereocenters. The molecule has 1 aromatic rings. The standard InChI is InChI=1S/C13H19BrO4S/c1-3-19(16,17)8-4-7-18-13-6-5-11(14)9-12(13)10(2)15/h5-6,9-10,15H,3-4,7-8H2,1-2H3/t10-/m0/s1. The quantitative estimate of drug-likeness (QED) is 0.768. The zero-order valence-electron chi connectivity index (χ0n) is 11.1. The highest BCUT2D eigenvalue weighted by Crippen LogP contribution is 2.28. The lowest BCUT2D eigenvalue weighted by Crippen LogP contribution is -2.12. The van der Waals surface area contributed by atoms with Gasteiger partial charge in [-0.3, -0.25) is 0 Å². The third-order valence-corrected chi connectivity index (χ3v) is 5.00. The third kappa shape index (κ3) is 5.50. The maximum absolute atomic E-state index is 11.3. The van der Waals surface area contributed by atoms with Gasteiger partial charge in [-0.25, -0.2) is 8.42 Å². The Morgan fingerprint density at radius 3 is 2.68 bits per heavy atom. The first-order chi connectivity index (χ1) is 8.85. The topological polar surface area (TPSA) is 63.6 Å². The zero-order valence-corrected chi connectivity index (χ0v) is 13.5. The van der Waals surface area contributed by atoms with Crippen LogP contribution < -0.4 is 4.74 Å². The molecule has 0 saturated heterocycles. The molecule has 0 heterocycles. The lowest BCUT2D eigenvalue weighted by atomic mass is 10.1. The highest BCUT2D eigenvalue weighted by Gasteiger charge is 2.11. The summed E-state index contributed by atoms with van der Waals surface area (Å²) in [5, 5.41) is 9.66. The van der Waals surface area contributed by atoms with E-state index < -0.39 is 15.9 Å². The Labute approximate surface area is 122 Å². The molecule has 0 spiro atoms. The largest absolute Gasteiger partial charge is 0.493 e. The van der Waals surface area contributed by atoms with E-state index in [9.17, 15) is 13.5 Å². The van der Waals surface area contributed by atoms with Gasteiger partial charge in [0, 0.05) is 15.8 Å². The highest BCUT2D eigenvalue weighted by atomic mass is 79.9. The number of aliphatic hydroxyl groups excluding tert-OH is 1. The maximum atomic E-state index is 11.3. The van der Waals surface area contributed by atoms with E-state index in [2.05, 4.69) is 15.9 Å². The van der Waals surface area contributed by atoms with Gasteiger partial charge in [0.1, 0.15) is 15.6 Å². The normalized spacial score (nSPS) is 13.3. The molecule has 1 aromatic carbocycles. The molecule has 108 valence electrons. The van der Waals surface area contributed by atoms with Crippen molar-refractivity contribution in [2.24, 2.45) is 0 Å². The van der Waals surface area contributed by atoms with Crippen LogP contribution >= 0.6 is 15.9 Å². The summed E-state index contributed by atoms with van der Waals surface area (Å²) in [7, 11) is -2.94. The monoisotopic (exact) mass is 350 g/mol. The molecular formula is C13H19BrO4S. The van der Waals surface area contributed by atoms with Gasteiger partial charge in [-0.15, -0.1) is 0 Å². The molecule has 0 fully saturated rings. The summed E-state index contributed by atoms with van der Waals surface area (Å²) >= 11 is 3.34. The van der Waals surface area contributed by atoms with Crippen molar-refractivity contribution < 1.29 is 18.3 Å². The second-order valence-corrected chi connectivity index (χ2v) is 7.68. The molecule has 0 radical (unpaired) electrons. The second-order valence-electron chi connectivity index (χ2n) is 4.30. The summed E-state index contributed by atoms with van der Waals surface area (Å²) in [5.74, 6) is 0.876. The van der Waals surface area contributed by atoms with Crippen LogP contribution in [0.25, 0.3) is 0 Å². The minimum absolute atomic E-state index is 0.129. The van der Waals surface area contributed by atoms with Crippen molar-refractivity contribution >= 4 is 25.8 Å². The van der Waals surface area contributed by atoms with E-state index in [4.69, 9.17) is 4.74 Å². The van der Waals surface area contributed by atoms with E-state index >= 15 is 0 Å². The first-order valence-corrected chi connectivity index (χ1v) is 8.78. The Balaban J connectivity index is 2.59. The van der Waals surface area contributed by atoms with E-state index in [1.807, 2.05) is 6.07 Å². The zero-order chi connectivity index (χ0) is 14.5. The summed E-state index contributed by atoms with van der Waals surface area (Å²) in [6.07, 6.45) is -0.183. The number of aliphatic hydroxyl groups is 1. The summed E-state index contributed by atoms with van der Waals surface area (Å²) in [4.78, 5) is 0. The predicted molar refractivity (Wildman–Crippen MR) is 79.2 cm³/mol. The fraction of sp³-hybridized carbons (Fsp3) is 0.538. The first-order valence-electron chi connectivity index (χ1n) is 6.16. The van der Waals surface area contributed by atoms with Gasteiger partial charge < -0.3 is 9.84 Å². The van der Waals surface area contributed by atoms with Crippen molar-refractivity contribution in [2.45, 2.75) is 26.4 Å². The summed E-state index contributed by atoms with van der Waals surface area (Å²) in [6, 6.07) is 5.38. The van der Waals surface area contributed by atoms with Crippen LogP contribution in [0.4, 0.5) is 0 Å². The Morgan fingerprint density at radius 1 is 1.42 bits per heavy atom. The highest BCUT2D eigenvalue weighted by molar-refractivity contribution is 9.10. The van der Waals surface area contributed by atoms with Crippen LogP contribution in [0.1, 0.15) is 31.9 Å². The van der Waals surface area contributed by atoms with Crippen molar-refractivity contribution in [3.63, 3.8) is 0 Å². The number of hydrogen-bond donors (Lipinski definition) is 1. The molecule has 0 amide bonds. The Kier molecular flexibility index (Phi) is 6.29. The van der Waals surface area contributed by atoms with Gasteiger partial charge in [-0.05, 0) is 31.5 Å². The fourth-order valence-electron chi connectivity index (χ4n) is 1.58. The van der Waals surface area contributed by atoms with E-state index in [1.165, 1.54) is 0 Å². The molecule has 0 aromatic heterocycles. The first kappa shape index (κ1) is 16.5. The van der Waals surface area contributed by atoms with Gasteiger partial charge in [0.15, 0.2) is 0 Å². The van der Waals surface area contributed by atoms with E-state index in [0.717, 1.165) is 4.47 Å². The number of ether oxygens (including phenoxy) is 1. The summed E-state index contributed by atoms with van der Waals surface area (Å²) < 4.78 is 29.1. The van der Waals surface area contributed by atoms with E-state index in [0.29, 0.717) is 24.3 Å². The molecule has 0 aliphatic carbocycles. The van der Waals surface area contributed by atoms with Gasteiger partial charge in [-0.1, -0.05) is 22.9 Å². The second kappa shape index (κ2) is 7.26. The molecule has 0 saturated carbocycles. The number of rotatable bonds is 7. The van der Waals surface area contributed by atoms with Crippen molar-refractivity contribution in [1.29, 1.82) is 0 Å². The SMILES string of the molecule is CCS(=O)(=O)CCCOc1ccc(Br)cc1[C@H](C)O. The van der Waals surface area contributed by atoms with Crippen LogP contribution in [-0.4, -0.2) is 31.6 Å². The molecular weight excluding hydrogens is 332 g/mol.